The van der Waals surface area contributed by atoms with Gasteiger partial charge < -0.3 is 0 Å². The van der Waals surface area contributed by atoms with E-state index in [2.05, 4.69) is 15.9 Å². The fourth-order valence-corrected chi connectivity index (χ4v) is 2.19. The van der Waals surface area contributed by atoms with E-state index < -0.39 is 0 Å². The van der Waals surface area contributed by atoms with Crippen molar-refractivity contribution in [3.8, 4) is 0 Å². The second-order valence-electron chi connectivity index (χ2n) is 4.18. The van der Waals surface area contributed by atoms with Crippen LogP contribution in [0.15, 0.2) is 46.9 Å². The molecule has 0 heterocycles. The molecular formula is C15H12BrFO. The van der Waals surface area contributed by atoms with Crippen LogP contribution in [0.1, 0.15) is 21.5 Å². The zero-order valence-electron chi connectivity index (χ0n) is 9.91. The third-order valence-corrected chi connectivity index (χ3v) is 3.30. The summed E-state index contributed by atoms with van der Waals surface area (Å²) in [5, 5.41) is 0. The van der Waals surface area contributed by atoms with E-state index in [4.69, 9.17) is 0 Å². The molecule has 0 amide bonds. The lowest BCUT2D eigenvalue weighted by Gasteiger charge is -2.05. The quantitative estimate of drug-likeness (QED) is 0.772. The van der Waals surface area contributed by atoms with Gasteiger partial charge in [0.25, 0.3) is 0 Å². The number of Topliss-reactive ketones (excluding diaryl/α,β-unsaturated/α-hetero) is 1. The minimum Gasteiger partial charge on any atom is -0.294 e. The minimum absolute atomic E-state index is 0.0333. The zero-order valence-corrected chi connectivity index (χ0v) is 11.5. The molecule has 0 aliphatic carbocycles. The van der Waals surface area contributed by atoms with Crippen molar-refractivity contribution in [2.75, 3.05) is 0 Å². The van der Waals surface area contributed by atoms with Gasteiger partial charge in [-0.15, -0.1) is 0 Å². The summed E-state index contributed by atoms with van der Waals surface area (Å²) < 4.78 is 13.8. The molecule has 0 saturated carbocycles. The number of hydrogen-bond acceptors (Lipinski definition) is 1. The summed E-state index contributed by atoms with van der Waals surface area (Å²) in [6.45, 7) is 1.81. The average Bonchev–Trinajstić information content (AvgIpc) is 2.32. The smallest absolute Gasteiger partial charge is 0.167 e. The third kappa shape index (κ3) is 3.05. The molecule has 0 saturated heterocycles. The molecule has 2 rings (SSSR count). The van der Waals surface area contributed by atoms with Gasteiger partial charge in [0.15, 0.2) is 5.78 Å². The molecule has 0 unspecified atom stereocenters. The molecule has 18 heavy (non-hydrogen) atoms. The van der Waals surface area contributed by atoms with E-state index in [1.165, 1.54) is 12.1 Å². The lowest BCUT2D eigenvalue weighted by molar-refractivity contribution is 0.0992. The van der Waals surface area contributed by atoms with Gasteiger partial charge in [0, 0.05) is 16.5 Å². The van der Waals surface area contributed by atoms with Crippen LogP contribution in [0, 0.1) is 12.7 Å². The Labute approximate surface area is 114 Å². The normalized spacial score (nSPS) is 10.4. The standard InChI is InChI=1S/C15H12BrFO/c1-10-7-14(17)6-5-11(10)9-15(18)12-3-2-4-13(16)8-12/h2-8H,9H2,1H3. The summed E-state index contributed by atoms with van der Waals surface area (Å²) in [7, 11) is 0. The summed E-state index contributed by atoms with van der Waals surface area (Å²) in [5.41, 5.74) is 2.33. The predicted octanol–water partition coefficient (Wildman–Crippen LogP) is 4.32. The Morgan fingerprint density at radius 1 is 1.22 bits per heavy atom. The molecule has 1 nitrogen and oxygen atoms in total. The summed E-state index contributed by atoms with van der Waals surface area (Å²) >= 11 is 3.34. The van der Waals surface area contributed by atoms with Crippen molar-refractivity contribution in [1.29, 1.82) is 0 Å². The predicted molar refractivity (Wildman–Crippen MR) is 73.3 cm³/mol. The number of hydrogen-bond donors (Lipinski definition) is 0. The SMILES string of the molecule is Cc1cc(F)ccc1CC(=O)c1cccc(Br)c1. The Morgan fingerprint density at radius 2 is 2.00 bits per heavy atom. The number of carbonyl (C=O) groups is 1. The summed E-state index contributed by atoms with van der Waals surface area (Å²) in [5.74, 6) is -0.239. The second kappa shape index (κ2) is 5.44. The van der Waals surface area contributed by atoms with Crippen LogP contribution < -0.4 is 0 Å². The second-order valence-corrected chi connectivity index (χ2v) is 5.10. The molecule has 2 aromatic rings. The van der Waals surface area contributed by atoms with Crippen molar-refractivity contribution >= 4 is 21.7 Å². The summed E-state index contributed by atoms with van der Waals surface area (Å²) in [4.78, 5) is 12.1. The van der Waals surface area contributed by atoms with Crippen LogP contribution >= 0.6 is 15.9 Å². The van der Waals surface area contributed by atoms with E-state index in [1.54, 1.807) is 18.2 Å². The Morgan fingerprint density at radius 3 is 2.67 bits per heavy atom. The van der Waals surface area contributed by atoms with Crippen molar-refractivity contribution in [3.63, 3.8) is 0 Å². The first-order valence-electron chi connectivity index (χ1n) is 5.60. The summed E-state index contributed by atoms with van der Waals surface area (Å²) in [6.07, 6.45) is 0.294. The number of halogens is 2. The van der Waals surface area contributed by atoms with Crippen LogP contribution in [0.3, 0.4) is 0 Å². The van der Waals surface area contributed by atoms with E-state index in [0.717, 1.165) is 15.6 Å². The van der Waals surface area contributed by atoms with Crippen LogP contribution in [0.2, 0.25) is 0 Å². The molecule has 0 spiro atoms. The molecule has 3 heteroatoms. The van der Waals surface area contributed by atoms with Gasteiger partial charge in [-0.25, -0.2) is 4.39 Å². The maximum atomic E-state index is 13.0. The van der Waals surface area contributed by atoms with Crippen LogP contribution in [0.5, 0.6) is 0 Å². The van der Waals surface area contributed by atoms with Gasteiger partial charge in [0.05, 0.1) is 0 Å². The minimum atomic E-state index is -0.272. The van der Waals surface area contributed by atoms with Gasteiger partial charge in [-0.1, -0.05) is 34.1 Å². The molecule has 0 aromatic heterocycles. The van der Waals surface area contributed by atoms with E-state index in [-0.39, 0.29) is 11.6 Å². The number of aryl methyl sites for hydroxylation is 1. The van der Waals surface area contributed by atoms with Gasteiger partial charge >= 0.3 is 0 Å². The van der Waals surface area contributed by atoms with Crippen molar-refractivity contribution in [3.05, 3.63) is 69.4 Å². The average molecular weight is 307 g/mol. The molecule has 2 aromatic carbocycles. The molecule has 0 aliphatic rings. The van der Waals surface area contributed by atoms with Gasteiger partial charge in [-0.05, 0) is 42.3 Å². The molecule has 0 radical (unpaired) electrons. The highest BCUT2D eigenvalue weighted by Crippen LogP contribution is 2.16. The van der Waals surface area contributed by atoms with E-state index in [9.17, 15) is 9.18 Å². The maximum absolute atomic E-state index is 13.0. The van der Waals surface area contributed by atoms with Gasteiger partial charge in [-0.3, -0.25) is 4.79 Å². The van der Waals surface area contributed by atoms with Gasteiger partial charge in [-0.2, -0.15) is 0 Å². The van der Waals surface area contributed by atoms with E-state index >= 15 is 0 Å². The number of ketones is 1. The third-order valence-electron chi connectivity index (χ3n) is 2.80. The highest BCUT2D eigenvalue weighted by atomic mass is 79.9. The van der Waals surface area contributed by atoms with Crippen LogP contribution in [-0.4, -0.2) is 5.78 Å². The molecule has 0 atom stereocenters. The monoisotopic (exact) mass is 306 g/mol. The molecule has 0 aliphatic heterocycles. The zero-order chi connectivity index (χ0) is 13.1. The molecule has 0 bridgehead atoms. The highest BCUT2D eigenvalue weighted by Gasteiger charge is 2.09. The summed E-state index contributed by atoms with van der Waals surface area (Å²) in [6, 6.07) is 11.8. The van der Waals surface area contributed by atoms with Crippen LogP contribution in [0.4, 0.5) is 4.39 Å². The Bertz CT molecular complexity index is 593. The Hall–Kier alpha value is -1.48. The topological polar surface area (TPSA) is 17.1 Å². The fraction of sp³-hybridized carbons (Fsp3) is 0.133. The molecule has 0 fully saturated rings. The first-order valence-corrected chi connectivity index (χ1v) is 6.39. The van der Waals surface area contributed by atoms with E-state index in [1.807, 2.05) is 19.1 Å². The highest BCUT2D eigenvalue weighted by molar-refractivity contribution is 9.10. The number of benzene rings is 2. The number of carbonyl (C=O) groups excluding carboxylic acids is 1. The molecule has 92 valence electrons. The number of rotatable bonds is 3. The van der Waals surface area contributed by atoms with Crippen LogP contribution in [0.25, 0.3) is 0 Å². The first-order chi connectivity index (χ1) is 8.56. The van der Waals surface area contributed by atoms with E-state index in [0.29, 0.717) is 12.0 Å². The lowest BCUT2D eigenvalue weighted by atomic mass is 9.99. The van der Waals surface area contributed by atoms with Crippen molar-refractivity contribution in [1.82, 2.24) is 0 Å². The van der Waals surface area contributed by atoms with Crippen molar-refractivity contribution in [2.45, 2.75) is 13.3 Å². The van der Waals surface area contributed by atoms with Crippen LogP contribution in [-0.2, 0) is 6.42 Å². The Kier molecular flexibility index (Phi) is 3.92. The van der Waals surface area contributed by atoms with Gasteiger partial charge in [0.1, 0.15) is 5.82 Å². The van der Waals surface area contributed by atoms with Crippen molar-refractivity contribution < 1.29 is 9.18 Å². The largest absolute Gasteiger partial charge is 0.294 e. The lowest BCUT2D eigenvalue weighted by Crippen LogP contribution is -2.05. The molecular weight excluding hydrogens is 295 g/mol. The van der Waals surface area contributed by atoms with Gasteiger partial charge in [0.2, 0.25) is 0 Å². The van der Waals surface area contributed by atoms with Crippen molar-refractivity contribution in [2.24, 2.45) is 0 Å². The first kappa shape index (κ1) is 13.0. The fourth-order valence-electron chi connectivity index (χ4n) is 1.79. The molecule has 0 N–H and O–H groups in total. The Balaban J connectivity index is 2.21. The maximum Gasteiger partial charge on any atom is 0.167 e.